The normalized spacial score (nSPS) is 19.6. The number of aryl methyl sites for hydroxylation is 1. The first-order chi connectivity index (χ1) is 13.2. The van der Waals surface area contributed by atoms with Crippen molar-refractivity contribution in [3.63, 3.8) is 0 Å². The number of hydrogen-bond donors (Lipinski definition) is 1. The Morgan fingerprint density at radius 3 is 2.89 bits per heavy atom. The molecule has 5 rings (SSSR count). The van der Waals surface area contributed by atoms with E-state index in [9.17, 15) is 4.79 Å². The molecular weight excluding hydrogens is 338 g/mol. The van der Waals surface area contributed by atoms with Crippen molar-refractivity contribution in [2.24, 2.45) is 0 Å². The number of aromatic nitrogens is 3. The summed E-state index contributed by atoms with van der Waals surface area (Å²) in [6.45, 7) is 2.76. The summed E-state index contributed by atoms with van der Waals surface area (Å²) in [6.07, 6.45) is 6.52. The second-order valence-electron chi connectivity index (χ2n) is 7.69. The van der Waals surface area contributed by atoms with Crippen LogP contribution in [0.15, 0.2) is 42.6 Å². The molecule has 2 fully saturated rings. The van der Waals surface area contributed by atoms with E-state index in [1.807, 2.05) is 40.6 Å². The maximum absolute atomic E-state index is 12.9. The number of amides is 2. The van der Waals surface area contributed by atoms with Gasteiger partial charge in [0.05, 0.1) is 11.6 Å². The van der Waals surface area contributed by atoms with E-state index < -0.39 is 0 Å². The van der Waals surface area contributed by atoms with Gasteiger partial charge in [-0.3, -0.25) is 0 Å². The van der Waals surface area contributed by atoms with E-state index in [1.54, 1.807) is 0 Å². The molecule has 138 valence electrons. The minimum atomic E-state index is -0.0705. The van der Waals surface area contributed by atoms with Crippen LogP contribution in [0, 0.1) is 6.92 Å². The molecule has 2 aromatic heterocycles. The van der Waals surface area contributed by atoms with Crippen LogP contribution in [0.5, 0.6) is 0 Å². The third kappa shape index (κ3) is 3.05. The lowest BCUT2D eigenvalue weighted by Gasteiger charge is -2.23. The quantitative estimate of drug-likeness (QED) is 0.757. The Hall–Kier alpha value is -2.89. The first-order valence-corrected chi connectivity index (χ1v) is 9.68. The number of carbonyl (C=O) groups excluding carboxylic acids is 1. The number of carbonyl (C=O) groups is 1. The topological polar surface area (TPSA) is 62.5 Å². The molecule has 1 atom stereocenters. The molecule has 27 heavy (non-hydrogen) atoms. The van der Waals surface area contributed by atoms with Gasteiger partial charge in [-0.15, -0.1) is 5.10 Å². The Morgan fingerprint density at radius 2 is 2.07 bits per heavy atom. The summed E-state index contributed by atoms with van der Waals surface area (Å²) in [5.74, 6) is 0.685. The molecular formula is C21H23N5O. The fourth-order valence-electron chi connectivity index (χ4n) is 4.04. The van der Waals surface area contributed by atoms with E-state index >= 15 is 0 Å². The van der Waals surface area contributed by atoms with Gasteiger partial charge in [0.25, 0.3) is 0 Å². The molecule has 6 heteroatoms. The molecule has 1 saturated heterocycles. The second-order valence-corrected chi connectivity index (χ2v) is 7.69. The standard InChI is InChI=1S/C21H23N5O/c1-14-4-2-5-17(12-14)22-21(27)25-11-3-6-18(25)20-19-10-9-16(15-7-8-15)13-26(19)24-23-20/h2,4-5,9-10,12-13,15,18H,3,6-8,11H2,1H3,(H,22,27). The minimum Gasteiger partial charge on any atom is -0.316 e. The van der Waals surface area contributed by atoms with Crippen LogP contribution in [0.2, 0.25) is 0 Å². The molecule has 1 N–H and O–H groups in total. The number of pyridine rings is 1. The van der Waals surface area contributed by atoms with Crippen molar-refractivity contribution >= 4 is 17.2 Å². The van der Waals surface area contributed by atoms with E-state index in [-0.39, 0.29) is 12.1 Å². The lowest BCUT2D eigenvalue weighted by atomic mass is 10.1. The van der Waals surface area contributed by atoms with Crippen LogP contribution in [-0.4, -0.2) is 32.3 Å². The molecule has 0 spiro atoms. The number of urea groups is 1. The van der Waals surface area contributed by atoms with Gasteiger partial charge in [0.2, 0.25) is 0 Å². The van der Waals surface area contributed by atoms with Crippen molar-refractivity contribution in [1.82, 2.24) is 19.7 Å². The highest BCUT2D eigenvalue weighted by Gasteiger charge is 2.33. The van der Waals surface area contributed by atoms with Gasteiger partial charge in [-0.25, -0.2) is 9.31 Å². The van der Waals surface area contributed by atoms with Crippen LogP contribution in [0.1, 0.15) is 54.5 Å². The van der Waals surface area contributed by atoms with Gasteiger partial charge < -0.3 is 10.2 Å². The van der Waals surface area contributed by atoms with Crippen molar-refractivity contribution in [3.8, 4) is 0 Å². The van der Waals surface area contributed by atoms with Crippen LogP contribution in [-0.2, 0) is 0 Å². The van der Waals surface area contributed by atoms with Gasteiger partial charge in [-0.2, -0.15) is 0 Å². The van der Waals surface area contributed by atoms with Crippen LogP contribution < -0.4 is 5.32 Å². The Kier molecular flexibility index (Phi) is 3.85. The van der Waals surface area contributed by atoms with Crippen molar-refractivity contribution in [2.75, 3.05) is 11.9 Å². The monoisotopic (exact) mass is 361 g/mol. The maximum atomic E-state index is 12.9. The number of nitrogens with zero attached hydrogens (tertiary/aromatic N) is 4. The summed E-state index contributed by atoms with van der Waals surface area (Å²) >= 11 is 0. The zero-order chi connectivity index (χ0) is 18.4. The molecule has 1 aliphatic heterocycles. The predicted molar refractivity (Wildman–Crippen MR) is 104 cm³/mol. The first-order valence-electron chi connectivity index (χ1n) is 9.68. The highest BCUT2D eigenvalue weighted by atomic mass is 16.2. The Morgan fingerprint density at radius 1 is 1.19 bits per heavy atom. The van der Waals surface area contributed by atoms with Gasteiger partial charge in [0.15, 0.2) is 0 Å². The average Bonchev–Trinajstić information content (AvgIpc) is 3.24. The summed E-state index contributed by atoms with van der Waals surface area (Å²) in [4.78, 5) is 14.8. The van der Waals surface area contributed by atoms with Crippen LogP contribution >= 0.6 is 0 Å². The van der Waals surface area contributed by atoms with Crippen molar-refractivity contribution in [3.05, 3.63) is 59.4 Å². The van der Waals surface area contributed by atoms with Gasteiger partial charge in [-0.05, 0) is 67.9 Å². The molecule has 1 aromatic carbocycles. The zero-order valence-corrected chi connectivity index (χ0v) is 15.4. The molecule has 2 amide bonds. The number of benzene rings is 1. The van der Waals surface area contributed by atoms with E-state index in [0.29, 0.717) is 5.92 Å². The highest BCUT2D eigenvalue weighted by molar-refractivity contribution is 5.90. The number of nitrogens with one attached hydrogen (secondary N) is 1. The van der Waals surface area contributed by atoms with Crippen molar-refractivity contribution in [1.29, 1.82) is 0 Å². The fraction of sp³-hybridized carbons (Fsp3) is 0.381. The molecule has 1 aliphatic carbocycles. The van der Waals surface area contributed by atoms with E-state index in [0.717, 1.165) is 41.8 Å². The lowest BCUT2D eigenvalue weighted by Crippen LogP contribution is -2.34. The number of rotatable bonds is 3. The molecule has 0 radical (unpaired) electrons. The maximum Gasteiger partial charge on any atom is 0.322 e. The number of hydrogen-bond acceptors (Lipinski definition) is 3. The smallest absolute Gasteiger partial charge is 0.316 e. The SMILES string of the molecule is Cc1cccc(NC(=O)N2CCCC2c2nnn3cc(C4CC4)ccc23)c1. The van der Waals surface area contributed by atoms with Gasteiger partial charge in [-0.1, -0.05) is 23.4 Å². The third-order valence-electron chi connectivity index (χ3n) is 5.61. The molecule has 2 aliphatic rings. The summed E-state index contributed by atoms with van der Waals surface area (Å²) in [5, 5.41) is 11.8. The van der Waals surface area contributed by atoms with Crippen LogP contribution in [0.25, 0.3) is 5.52 Å². The first kappa shape index (κ1) is 16.3. The van der Waals surface area contributed by atoms with Gasteiger partial charge in [0, 0.05) is 18.4 Å². The molecule has 1 unspecified atom stereocenters. The largest absolute Gasteiger partial charge is 0.322 e. The van der Waals surface area contributed by atoms with E-state index in [2.05, 4.69) is 34.0 Å². The van der Waals surface area contributed by atoms with Gasteiger partial charge >= 0.3 is 6.03 Å². The summed E-state index contributed by atoms with van der Waals surface area (Å²) < 4.78 is 1.87. The fourth-order valence-corrected chi connectivity index (χ4v) is 4.04. The minimum absolute atomic E-state index is 0.0286. The lowest BCUT2D eigenvalue weighted by molar-refractivity contribution is 0.206. The Labute approximate surface area is 158 Å². The van der Waals surface area contributed by atoms with Crippen LogP contribution in [0.3, 0.4) is 0 Å². The molecule has 3 aromatic rings. The number of fused-ring (bicyclic) bond motifs is 1. The summed E-state index contributed by atoms with van der Waals surface area (Å²) in [6, 6.07) is 12.1. The predicted octanol–water partition coefficient (Wildman–Crippen LogP) is 4.28. The summed E-state index contributed by atoms with van der Waals surface area (Å²) in [7, 11) is 0. The summed E-state index contributed by atoms with van der Waals surface area (Å²) in [5.41, 5.74) is 5.18. The van der Waals surface area contributed by atoms with Crippen molar-refractivity contribution in [2.45, 2.75) is 44.6 Å². The van der Waals surface area contributed by atoms with Gasteiger partial charge in [0.1, 0.15) is 5.69 Å². The highest BCUT2D eigenvalue weighted by Crippen LogP contribution is 2.40. The van der Waals surface area contributed by atoms with E-state index in [1.165, 1.54) is 18.4 Å². The van der Waals surface area contributed by atoms with E-state index in [4.69, 9.17) is 0 Å². The number of likely N-dealkylation sites (tertiary alicyclic amines) is 1. The Balaban J connectivity index is 1.40. The Bertz CT molecular complexity index is 1010. The zero-order valence-electron chi connectivity index (χ0n) is 15.4. The van der Waals surface area contributed by atoms with Crippen LogP contribution in [0.4, 0.5) is 10.5 Å². The molecule has 3 heterocycles. The second kappa shape index (κ2) is 6.37. The molecule has 1 saturated carbocycles. The third-order valence-corrected chi connectivity index (χ3v) is 5.61. The molecule has 6 nitrogen and oxygen atoms in total. The number of anilines is 1. The average molecular weight is 361 g/mol. The van der Waals surface area contributed by atoms with Crippen molar-refractivity contribution < 1.29 is 4.79 Å². The molecule has 0 bridgehead atoms.